The molecule has 0 atom stereocenters. The van der Waals surface area contributed by atoms with E-state index in [1.54, 1.807) is 13.2 Å². The largest absolute Gasteiger partial charge is 0.463 e. The number of nitrogens with two attached hydrogens (primary N) is 1. The van der Waals surface area contributed by atoms with Gasteiger partial charge in [-0.15, -0.1) is 0 Å². The summed E-state index contributed by atoms with van der Waals surface area (Å²) in [5.41, 5.74) is 0.970. The molecule has 0 unspecified atom stereocenters. The molecule has 2 aromatic rings. The molecule has 2 aromatic heterocycles. The fourth-order valence-corrected chi connectivity index (χ4v) is 2.39. The minimum Gasteiger partial charge on any atom is -0.463 e. The molecule has 1 saturated heterocycles. The number of pyridine rings is 1. The van der Waals surface area contributed by atoms with Gasteiger partial charge in [-0.05, 0) is 12.1 Å². The Morgan fingerprint density at radius 2 is 2.12 bits per heavy atom. The average Bonchev–Trinajstić information content (AvgIpc) is 2.63. The van der Waals surface area contributed by atoms with Gasteiger partial charge in [0.25, 0.3) is 0 Å². The summed E-state index contributed by atoms with van der Waals surface area (Å²) in [6, 6.07) is 7.99. The summed E-state index contributed by atoms with van der Waals surface area (Å²) in [5.74, 6) is 7.25. The SMILES string of the molecule is CN(N)c1cc(N2CCOCC2)nc(OCCc2ccccn2)n1. The highest BCUT2D eigenvalue weighted by Crippen LogP contribution is 2.21. The maximum absolute atomic E-state index is 5.84. The average molecular weight is 330 g/mol. The molecule has 0 amide bonds. The molecule has 0 bridgehead atoms. The van der Waals surface area contributed by atoms with Crippen LogP contribution in [0.1, 0.15) is 5.69 Å². The van der Waals surface area contributed by atoms with Gasteiger partial charge in [0.2, 0.25) is 0 Å². The molecule has 3 heterocycles. The molecule has 0 aromatic carbocycles. The van der Waals surface area contributed by atoms with Crippen molar-refractivity contribution in [2.24, 2.45) is 5.84 Å². The summed E-state index contributed by atoms with van der Waals surface area (Å²) in [4.78, 5) is 15.3. The summed E-state index contributed by atoms with van der Waals surface area (Å²) < 4.78 is 11.1. The molecule has 8 heteroatoms. The van der Waals surface area contributed by atoms with Gasteiger partial charge in [0.1, 0.15) is 5.82 Å². The highest BCUT2D eigenvalue weighted by Gasteiger charge is 2.16. The molecular formula is C16H22N6O2. The molecule has 128 valence electrons. The highest BCUT2D eigenvalue weighted by molar-refractivity contribution is 5.51. The summed E-state index contributed by atoms with van der Waals surface area (Å²) in [7, 11) is 1.74. The summed E-state index contributed by atoms with van der Waals surface area (Å²) in [6.07, 6.45) is 2.46. The van der Waals surface area contributed by atoms with Crippen molar-refractivity contribution in [2.45, 2.75) is 6.42 Å². The van der Waals surface area contributed by atoms with Gasteiger partial charge in [-0.1, -0.05) is 6.07 Å². The molecule has 3 rings (SSSR count). The van der Waals surface area contributed by atoms with Crippen molar-refractivity contribution in [3.63, 3.8) is 0 Å². The van der Waals surface area contributed by atoms with E-state index >= 15 is 0 Å². The Morgan fingerprint density at radius 1 is 1.29 bits per heavy atom. The molecule has 1 aliphatic rings. The zero-order valence-electron chi connectivity index (χ0n) is 13.8. The van der Waals surface area contributed by atoms with E-state index in [1.165, 1.54) is 5.01 Å². The maximum Gasteiger partial charge on any atom is 0.320 e. The first kappa shape index (κ1) is 16.4. The summed E-state index contributed by atoms with van der Waals surface area (Å²) >= 11 is 0. The third-order valence-corrected chi connectivity index (χ3v) is 3.69. The first-order chi connectivity index (χ1) is 11.7. The fraction of sp³-hybridized carbons (Fsp3) is 0.438. The molecule has 8 nitrogen and oxygen atoms in total. The van der Waals surface area contributed by atoms with Crippen LogP contribution < -0.4 is 20.5 Å². The molecule has 0 aliphatic carbocycles. The van der Waals surface area contributed by atoms with Gasteiger partial charge in [-0.3, -0.25) is 9.99 Å². The zero-order valence-corrected chi connectivity index (χ0v) is 13.8. The van der Waals surface area contributed by atoms with Crippen molar-refractivity contribution >= 4 is 11.6 Å². The van der Waals surface area contributed by atoms with Gasteiger partial charge >= 0.3 is 6.01 Å². The second-order valence-corrected chi connectivity index (χ2v) is 5.50. The second kappa shape index (κ2) is 7.89. The number of hydrogen-bond donors (Lipinski definition) is 1. The van der Waals surface area contributed by atoms with E-state index in [0.29, 0.717) is 38.1 Å². The Bertz CT molecular complexity index is 646. The molecule has 0 spiro atoms. The van der Waals surface area contributed by atoms with Crippen molar-refractivity contribution in [2.75, 3.05) is 49.9 Å². The van der Waals surface area contributed by atoms with Gasteiger partial charge < -0.3 is 14.4 Å². The van der Waals surface area contributed by atoms with E-state index in [4.69, 9.17) is 15.3 Å². The van der Waals surface area contributed by atoms with Crippen LogP contribution in [0.15, 0.2) is 30.5 Å². The first-order valence-electron chi connectivity index (χ1n) is 7.95. The van der Waals surface area contributed by atoms with E-state index < -0.39 is 0 Å². The predicted molar refractivity (Wildman–Crippen MR) is 91.1 cm³/mol. The Labute approximate surface area is 141 Å². The Kier molecular flexibility index (Phi) is 5.39. The number of ether oxygens (including phenoxy) is 2. The minimum absolute atomic E-state index is 0.322. The van der Waals surface area contributed by atoms with Crippen LogP contribution in [0.25, 0.3) is 0 Å². The zero-order chi connectivity index (χ0) is 16.8. The monoisotopic (exact) mass is 330 g/mol. The summed E-state index contributed by atoms with van der Waals surface area (Å²) in [5, 5.41) is 1.46. The third-order valence-electron chi connectivity index (χ3n) is 3.69. The van der Waals surface area contributed by atoms with Crippen LogP contribution in [0.5, 0.6) is 6.01 Å². The smallest absolute Gasteiger partial charge is 0.320 e. The lowest BCUT2D eigenvalue weighted by atomic mass is 10.3. The standard InChI is InChI=1S/C16H22N6O2/c1-21(17)14-12-15(22-7-10-23-11-8-22)20-16(19-14)24-9-5-13-4-2-3-6-18-13/h2-4,6,12H,5,7-11,17H2,1H3. The van der Waals surface area contributed by atoms with Crippen LogP contribution in [0.4, 0.5) is 11.6 Å². The van der Waals surface area contributed by atoms with Gasteiger partial charge in [-0.2, -0.15) is 9.97 Å². The van der Waals surface area contributed by atoms with Gasteiger partial charge in [-0.25, -0.2) is 5.84 Å². The van der Waals surface area contributed by atoms with Gasteiger partial charge in [0, 0.05) is 44.5 Å². The fourth-order valence-electron chi connectivity index (χ4n) is 2.39. The second-order valence-electron chi connectivity index (χ2n) is 5.50. The quantitative estimate of drug-likeness (QED) is 0.610. The van der Waals surface area contributed by atoms with E-state index in [9.17, 15) is 0 Å². The van der Waals surface area contributed by atoms with Crippen LogP contribution >= 0.6 is 0 Å². The number of aromatic nitrogens is 3. The van der Waals surface area contributed by atoms with E-state index in [-0.39, 0.29) is 0 Å². The third kappa shape index (κ3) is 4.30. The van der Waals surface area contributed by atoms with Gasteiger partial charge in [0.15, 0.2) is 5.82 Å². The Balaban J connectivity index is 1.70. The lowest BCUT2D eigenvalue weighted by molar-refractivity contribution is 0.122. The van der Waals surface area contributed by atoms with Crippen molar-refractivity contribution in [1.29, 1.82) is 0 Å². The van der Waals surface area contributed by atoms with Crippen LogP contribution in [0.3, 0.4) is 0 Å². The normalized spacial score (nSPS) is 14.5. The van der Waals surface area contributed by atoms with Crippen LogP contribution in [-0.4, -0.2) is 54.9 Å². The molecule has 1 aliphatic heterocycles. The van der Waals surface area contributed by atoms with E-state index in [2.05, 4.69) is 19.9 Å². The van der Waals surface area contributed by atoms with Gasteiger partial charge in [0.05, 0.1) is 19.8 Å². The molecule has 24 heavy (non-hydrogen) atoms. The van der Waals surface area contributed by atoms with Crippen molar-refractivity contribution in [3.05, 3.63) is 36.2 Å². The molecule has 0 saturated carbocycles. The highest BCUT2D eigenvalue weighted by atomic mass is 16.5. The van der Waals surface area contributed by atoms with Crippen LogP contribution in [-0.2, 0) is 11.2 Å². The number of anilines is 2. The number of hydrogen-bond acceptors (Lipinski definition) is 8. The van der Waals surface area contributed by atoms with E-state index in [0.717, 1.165) is 24.6 Å². The van der Waals surface area contributed by atoms with Crippen molar-refractivity contribution < 1.29 is 9.47 Å². The molecular weight excluding hydrogens is 308 g/mol. The first-order valence-corrected chi connectivity index (χ1v) is 7.95. The minimum atomic E-state index is 0.322. The Morgan fingerprint density at radius 3 is 2.83 bits per heavy atom. The van der Waals surface area contributed by atoms with Crippen LogP contribution in [0, 0.1) is 0 Å². The topological polar surface area (TPSA) is 89.6 Å². The molecule has 0 radical (unpaired) electrons. The number of nitrogens with zero attached hydrogens (tertiary/aromatic N) is 5. The lowest BCUT2D eigenvalue weighted by Crippen LogP contribution is -2.37. The van der Waals surface area contributed by atoms with E-state index in [1.807, 2.05) is 24.3 Å². The van der Waals surface area contributed by atoms with Crippen molar-refractivity contribution in [3.8, 4) is 6.01 Å². The van der Waals surface area contributed by atoms with Crippen LogP contribution in [0.2, 0.25) is 0 Å². The summed E-state index contributed by atoms with van der Waals surface area (Å²) in [6.45, 7) is 3.41. The maximum atomic E-state index is 5.84. The Hall–Kier alpha value is -2.45. The van der Waals surface area contributed by atoms with Crippen molar-refractivity contribution in [1.82, 2.24) is 15.0 Å². The molecule has 2 N–H and O–H groups in total. The number of morpholine rings is 1. The lowest BCUT2D eigenvalue weighted by Gasteiger charge is -2.28. The number of hydrazine groups is 1. The predicted octanol–water partition coefficient (Wildman–Crippen LogP) is 0.640. The molecule has 1 fully saturated rings. The number of rotatable bonds is 6.